The van der Waals surface area contributed by atoms with Crippen molar-refractivity contribution in [1.82, 2.24) is 4.98 Å². The zero-order chi connectivity index (χ0) is 16.9. The molecule has 0 aliphatic heterocycles. The summed E-state index contributed by atoms with van der Waals surface area (Å²) in [7, 11) is 0. The standard InChI is InChI=1S/C15H14N4O2S/c1-8(18)13(6-17)14(21)7-22-15-11(5-16)4-12(10(3)20)9(2)19-15/h4H,7,18H2,1-3H3/b13-8+. The number of thioether (sulfide) groups is 1. The lowest BCUT2D eigenvalue weighted by molar-refractivity contribution is -0.112. The van der Waals surface area contributed by atoms with Gasteiger partial charge in [-0.2, -0.15) is 10.5 Å². The Bertz CT molecular complexity index is 750. The number of nitrogens with two attached hydrogens (primary N) is 1. The first-order valence-corrected chi connectivity index (χ1v) is 7.25. The van der Waals surface area contributed by atoms with Crippen molar-refractivity contribution in [2.75, 3.05) is 5.75 Å². The fourth-order valence-corrected chi connectivity index (χ4v) is 2.58. The van der Waals surface area contributed by atoms with Gasteiger partial charge in [0.25, 0.3) is 0 Å². The van der Waals surface area contributed by atoms with E-state index >= 15 is 0 Å². The number of ketones is 2. The van der Waals surface area contributed by atoms with Gasteiger partial charge in [-0.1, -0.05) is 11.8 Å². The highest BCUT2D eigenvalue weighted by molar-refractivity contribution is 8.00. The van der Waals surface area contributed by atoms with Gasteiger partial charge in [-0.25, -0.2) is 4.98 Å². The van der Waals surface area contributed by atoms with Gasteiger partial charge in [-0.05, 0) is 26.8 Å². The number of carbonyl (C=O) groups is 2. The fourth-order valence-electron chi connectivity index (χ4n) is 1.71. The molecule has 0 fully saturated rings. The second-order valence-electron chi connectivity index (χ2n) is 4.52. The predicted molar refractivity (Wildman–Crippen MR) is 81.9 cm³/mol. The van der Waals surface area contributed by atoms with Crippen molar-refractivity contribution >= 4 is 23.3 Å². The van der Waals surface area contributed by atoms with Gasteiger partial charge in [-0.3, -0.25) is 9.59 Å². The van der Waals surface area contributed by atoms with E-state index in [1.165, 1.54) is 19.9 Å². The van der Waals surface area contributed by atoms with Crippen molar-refractivity contribution in [3.8, 4) is 12.1 Å². The van der Waals surface area contributed by atoms with E-state index in [0.29, 0.717) is 16.3 Å². The van der Waals surface area contributed by atoms with Crippen molar-refractivity contribution in [3.63, 3.8) is 0 Å². The largest absolute Gasteiger partial charge is 0.401 e. The molecule has 0 saturated carbocycles. The second-order valence-corrected chi connectivity index (χ2v) is 5.49. The average Bonchev–Trinajstić information content (AvgIpc) is 2.45. The highest BCUT2D eigenvalue weighted by atomic mass is 32.2. The van der Waals surface area contributed by atoms with Gasteiger partial charge >= 0.3 is 0 Å². The quantitative estimate of drug-likeness (QED) is 0.381. The first kappa shape index (κ1) is 17.4. The maximum absolute atomic E-state index is 11.9. The third-order valence-electron chi connectivity index (χ3n) is 2.80. The van der Waals surface area contributed by atoms with Crippen LogP contribution in [0.15, 0.2) is 22.4 Å². The summed E-state index contributed by atoms with van der Waals surface area (Å²) in [6, 6.07) is 5.19. The molecule has 1 aromatic rings. The minimum absolute atomic E-state index is 0.0576. The van der Waals surface area contributed by atoms with Gasteiger partial charge in [-0.15, -0.1) is 0 Å². The lowest BCUT2D eigenvalue weighted by Crippen LogP contribution is -2.11. The van der Waals surface area contributed by atoms with Gasteiger partial charge in [0.05, 0.1) is 11.3 Å². The molecule has 0 radical (unpaired) electrons. The molecule has 0 spiro atoms. The van der Waals surface area contributed by atoms with Gasteiger partial charge < -0.3 is 5.73 Å². The van der Waals surface area contributed by atoms with Crippen LogP contribution >= 0.6 is 11.8 Å². The van der Waals surface area contributed by atoms with Crippen LogP contribution in [0.25, 0.3) is 0 Å². The lowest BCUT2D eigenvalue weighted by Gasteiger charge is -2.07. The van der Waals surface area contributed by atoms with Crippen LogP contribution in [-0.2, 0) is 4.79 Å². The third kappa shape index (κ3) is 3.94. The van der Waals surface area contributed by atoms with E-state index < -0.39 is 5.78 Å². The summed E-state index contributed by atoms with van der Waals surface area (Å²) in [6.07, 6.45) is 0. The zero-order valence-electron chi connectivity index (χ0n) is 12.4. The van der Waals surface area contributed by atoms with Crippen LogP contribution in [0.2, 0.25) is 0 Å². The SMILES string of the molecule is CC(=O)c1cc(C#N)c(SCC(=O)/C(C#N)=C(\C)N)nc1C. The molecule has 22 heavy (non-hydrogen) atoms. The van der Waals surface area contributed by atoms with Crippen molar-refractivity contribution in [2.45, 2.75) is 25.8 Å². The molecule has 1 heterocycles. The van der Waals surface area contributed by atoms with Crippen LogP contribution < -0.4 is 5.73 Å². The van der Waals surface area contributed by atoms with Gasteiger partial charge in [0.2, 0.25) is 0 Å². The topological polar surface area (TPSA) is 121 Å². The Balaban J connectivity index is 3.06. The number of aromatic nitrogens is 1. The second kappa shape index (κ2) is 7.39. The van der Waals surface area contributed by atoms with Gasteiger partial charge in [0.1, 0.15) is 22.7 Å². The van der Waals surface area contributed by atoms with Gasteiger partial charge in [0.15, 0.2) is 11.6 Å². The minimum Gasteiger partial charge on any atom is -0.401 e. The lowest BCUT2D eigenvalue weighted by atomic mass is 10.1. The molecule has 0 aromatic carbocycles. The summed E-state index contributed by atoms with van der Waals surface area (Å²) in [5.41, 5.74) is 6.63. The number of hydrogen-bond donors (Lipinski definition) is 1. The highest BCUT2D eigenvalue weighted by Crippen LogP contribution is 2.24. The number of carbonyl (C=O) groups excluding carboxylic acids is 2. The Labute approximate surface area is 132 Å². The van der Waals surface area contributed by atoms with Crippen LogP contribution in [-0.4, -0.2) is 22.3 Å². The summed E-state index contributed by atoms with van der Waals surface area (Å²) in [4.78, 5) is 27.6. The third-order valence-corrected chi connectivity index (χ3v) is 3.79. The predicted octanol–water partition coefficient (Wildman–Crippen LogP) is 1.88. The Morgan fingerprint density at radius 2 is 2.00 bits per heavy atom. The number of aryl methyl sites for hydroxylation is 1. The summed E-state index contributed by atoms with van der Waals surface area (Å²) in [5.74, 6) is -0.660. The number of hydrogen-bond acceptors (Lipinski definition) is 7. The van der Waals surface area contributed by atoms with E-state index in [-0.39, 0.29) is 28.4 Å². The Morgan fingerprint density at radius 1 is 1.36 bits per heavy atom. The van der Waals surface area contributed by atoms with Crippen molar-refractivity contribution in [1.29, 1.82) is 10.5 Å². The van der Waals surface area contributed by atoms with Crippen LogP contribution in [0.1, 0.15) is 35.5 Å². The smallest absolute Gasteiger partial charge is 0.185 e. The molecule has 0 unspecified atom stereocenters. The molecule has 6 nitrogen and oxygen atoms in total. The molecule has 112 valence electrons. The zero-order valence-corrected chi connectivity index (χ0v) is 13.2. The maximum atomic E-state index is 11.9. The maximum Gasteiger partial charge on any atom is 0.185 e. The molecule has 0 aliphatic carbocycles. The normalized spacial score (nSPS) is 11.1. The summed E-state index contributed by atoms with van der Waals surface area (Å²) >= 11 is 1.04. The van der Waals surface area contributed by atoms with Crippen molar-refractivity contribution in [2.24, 2.45) is 5.73 Å². The number of rotatable bonds is 5. The van der Waals surface area contributed by atoms with E-state index in [0.717, 1.165) is 11.8 Å². The number of Topliss-reactive ketones (excluding diaryl/α,β-unsaturated/α-hetero) is 2. The van der Waals surface area contributed by atoms with Crippen LogP contribution in [0.4, 0.5) is 0 Å². The van der Waals surface area contributed by atoms with E-state index in [1.807, 2.05) is 6.07 Å². The molecule has 0 saturated heterocycles. The average molecular weight is 314 g/mol. The highest BCUT2D eigenvalue weighted by Gasteiger charge is 2.16. The van der Waals surface area contributed by atoms with E-state index in [1.54, 1.807) is 13.0 Å². The molecule has 0 amide bonds. The molecule has 7 heteroatoms. The number of nitriles is 2. The Kier molecular flexibility index (Phi) is 5.85. The summed E-state index contributed by atoms with van der Waals surface area (Å²) < 4.78 is 0. The fraction of sp³-hybridized carbons (Fsp3) is 0.267. The van der Waals surface area contributed by atoms with E-state index in [2.05, 4.69) is 4.98 Å². The van der Waals surface area contributed by atoms with Gasteiger partial charge in [0, 0.05) is 17.0 Å². The molecule has 0 bridgehead atoms. The molecule has 0 aliphatic rings. The summed E-state index contributed by atoms with van der Waals surface area (Å²) in [6.45, 7) is 4.54. The van der Waals surface area contributed by atoms with Crippen molar-refractivity contribution in [3.05, 3.63) is 34.2 Å². The first-order chi connectivity index (χ1) is 10.3. The van der Waals surface area contributed by atoms with Crippen molar-refractivity contribution < 1.29 is 9.59 Å². The molecule has 1 rings (SSSR count). The monoisotopic (exact) mass is 314 g/mol. The molecule has 1 aromatic heterocycles. The molecular weight excluding hydrogens is 300 g/mol. The molecule has 0 atom stereocenters. The van der Waals surface area contributed by atoms with Crippen LogP contribution in [0.3, 0.4) is 0 Å². The minimum atomic E-state index is -0.425. The first-order valence-electron chi connectivity index (χ1n) is 6.27. The summed E-state index contributed by atoms with van der Waals surface area (Å²) in [5, 5.41) is 18.4. The van der Waals surface area contributed by atoms with E-state index in [4.69, 9.17) is 16.3 Å². The van der Waals surface area contributed by atoms with Crippen LogP contribution in [0.5, 0.6) is 0 Å². The molecule has 2 N–H and O–H groups in total. The van der Waals surface area contributed by atoms with E-state index in [9.17, 15) is 9.59 Å². The van der Waals surface area contributed by atoms with Crippen LogP contribution in [0, 0.1) is 29.6 Å². The Hall–Kier alpha value is -2.64. The number of nitrogens with zero attached hydrogens (tertiary/aromatic N) is 3. The molecular formula is C15H14N4O2S. The number of pyridine rings is 1. The Morgan fingerprint density at radius 3 is 2.45 bits per heavy atom. The number of allylic oxidation sites excluding steroid dienone is 2.